The number of unbranched alkanes of at least 4 members (excludes halogenated alkanes) is 21. The highest BCUT2D eigenvalue weighted by Gasteiger charge is 2.14. The summed E-state index contributed by atoms with van der Waals surface area (Å²) >= 11 is 0. The largest absolute Gasteiger partial charge is 0.481 e. The van der Waals surface area contributed by atoms with Gasteiger partial charge in [0.1, 0.15) is 6.10 Å². The van der Waals surface area contributed by atoms with Crippen LogP contribution in [0.4, 0.5) is 0 Å². The summed E-state index contributed by atoms with van der Waals surface area (Å²) in [5.74, 6) is -0.802. The molecule has 0 spiro atoms. The van der Waals surface area contributed by atoms with Crippen molar-refractivity contribution in [3.8, 4) is 0 Å². The van der Waals surface area contributed by atoms with E-state index in [0.717, 1.165) is 57.8 Å². The Balaban J connectivity index is 3.84. The standard InChI is InChI=1S/C42H76O4/c1-3-5-7-9-11-13-15-17-18-19-20-21-22-23-25-27-29-31-33-39-42(45)46-40(37-34-35-38-41(43)44)36-32-30-28-26-24-16-14-12-10-8-6-4-2/h5,7,11,13,17-18,40H,3-4,6,8-10,12,14-16,19-39H2,1-2H3,(H,43,44)/b7-5-,13-11-,18-17-. The van der Waals surface area contributed by atoms with E-state index < -0.39 is 5.97 Å². The molecule has 0 saturated heterocycles. The van der Waals surface area contributed by atoms with Crippen molar-refractivity contribution in [1.82, 2.24) is 0 Å². The summed E-state index contributed by atoms with van der Waals surface area (Å²) in [5.41, 5.74) is 0. The summed E-state index contributed by atoms with van der Waals surface area (Å²) in [4.78, 5) is 23.4. The van der Waals surface area contributed by atoms with Gasteiger partial charge < -0.3 is 9.84 Å². The first-order chi connectivity index (χ1) is 22.6. The number of carbonyl (C=O) groups is 2. The lowest BCUT2D eigenvalue weighted by atomic mass is 10.0. The molecule has 0 aromatic carbocycles. The maximum absolute atomic E-state index is 12.6. The molecule has 46 heavy (non-hydrogen) atoms. The number of ether oxygens (including phenoxy) is 1. The fraction of sp³-hybridized carbons (Fsp3) is 0.810. The molecule has 0 aliphatic heterocycles. The Morgan fingerprint density at radius 1 is 0.500 bits per heavy atom. The summed E-state index contributed by atoms with van der Waals surface area (Å²) < 4.78 is 5.90. The van der Waals surface area contributed by atoms with Crippen LogP contribution in [0.1, 0.15) is 213 Å². The monoisotopic (exact) mass is 645 g/mol. The number of carboxylic acid groups (broad SMARTS) is 1. The Hall–Kier alpha value is -1.84. The molecule has 268 valence electrons. The fourth-order valence-electron chi connectivity index (χ4n) is 5.96. The highest BCUT2D eigenvalue weighted by molar-refractivity contribution is 5.69. The van der Waals surface area contributed by atoms with Crippen molar-refractivity contribution in [2.75, 3.05) is 0 Å². The van der Waals surface area contributed by atoms with Gasteiger partial charge >= 0.3 is 11.9 Å². The smallest absolute Gasteiger partial charge is 0.306 e. The van der Waals surface area contributed by atoms with Crippen LogP contribution in [-0.2, 0) is 14.3 Å². The molecule has 1 atom stereocenters. The van der Waals surface area contributed by atoms with Gasteiger partial charge in [0.15, 0.2) is 0 Å². The molecule has 1 unspecified atom stereocenters. The molecule has 0 aromatic heterocycles. The zero-order valence-corrected chi connectivity index (χ0v) is 30.6. The van der Waals surface area contributed by atoms with E-state index in [9.17, 15) is 9.59 Å². The molecular formula is C42H76O4. The Morgan fingerprint density at radius 3 is 1.43 bits per heavy atom. The van der Waals surface area contributed by atoms with Gasteiger partial charge in [0, 0.05) is 12.8 Å². The number of carboxylic acids is 1. The Morgan fingerprint density at radius 2 is 0.913 bits per heavy atom. The third-order valence-corrected chi connectivity index (χ3v) is 8.88. The Kier molecular flexibility index (Phi) is 36.1. The average molecular weight is 645 g/mol. The lowest BCUT2D eigenvalue weighted by Gasteiger charge is -2.18. The number of hydrogen-bond donors (Lipinski definition) is 1. The van der Waals surface area contributed by atoms with E-state index in [1.807, 2.05) is 0 Å². The van der Waals surface area contributed by atoms with Crippen LogP contribution in [0, 0.1) is 0 Å². The van der Waals surface area contributed by atoms with Crippen LogP contribution in [0.15, 0.2) is 36.5 Å². The maximum Gasteiger partial charge on any atom is 0.306 e. The third-order valence-electron chi connectivity index (χ3n) is 8.88. The topological polar surface area (TPSA) is 63.6 Å². The van der Waals surface area contributed by atoms with E-state index in [1.54, 1.807) is 0 Å². The van der Waals surface area contributed by atoms with Gasteiger partial charge in [-0.2, -0.15) is 0 Å². The second kappa shape index (κ2) is 37.6. The number of aliphatic carboxylic acids is 1. The summed E-state index contributed by atoms with van der Waals surface area (Å²) in [7, 11) is 0. The van der Waals surface area contributed by atoms with Gasteiger partial charge in [-0.25, -0.2) is 0 Å². The second-order valence-corrected chi connectivity index (χ2v) is 13.4. The Labute approximate surface area is 286 Å². The van der Waals surface area contributed by atoms with E-state index in [1.165, 1.54) is 122 Å². The SMILES string of the molecule is CC/C=C\C/C=C\C/C=C\CCCCCCCCCCCC(=O)OC(CCCCCCCCCCCCCC)CCCCC(=O)O. The average Bonchev–Trinajstić information content (AvgIpc) is 3.04. The normalized spacial score (nSPS) is 12.6. The van der Waals surface area contributed by atoms with Crippen molar-refractivity contribution >= 4 is 11.9 Å². The van der Waals surface area contributed by atoms with Crippen molar-refractivity contribution in [1.29, 1.82) is 0 Å². The van der Waals surface area contributed by atoms with Gasteiger partial charge in [-0.3, -0.25) is 9.59 Å². The van der Waals surface area contributed by atoms with E-state index in [-0.39, 0.29) is 18.5 Å². The van der Waals surface area contributed by atoms with Crippen LogP contribution < -0.4 is 0 Å². The van der Waals surface area contributed by atoms with Crippen molar-refractivity contribution in [2.45, 2.75) is 219 Å². The van der Waals surface area contributed by atoms with Crippen molar-refractivity contribution in [3.05, 3.63) is 36.5 Å². The molecule has 0 aliphatic carbocycles. The summed E-state index contributed by atoms with van der Waals surface area (Å²) in [5, 5.41) is 8.94. The summed E-state index contributed by atoms with van der Waals surface area (Å²) in [6, 6.07) is 0. The molecule has 0 aliphatic rings. The van der Waals surface area contributed by atoms with E-state index in [0.29, 0.717) is 12.8 Å². The quantitative estimate of drug-likeness (QED) is 0.0419. The summed E-state index contributed by atoms with van der Waals surface area (Å²) in [6.07, 6.45) is 48.7. The molecule has 0 fully saturated rings. The molecule has 0 saturated carbocycles. The first-order valence-electron chi connectivity index (χ1n) is 20.0. The fourth-order valence-corrected chi connectivity index (χ4v) is 5.96. The third kappa shape index (κ3) is 36.6. The molecule has 4 heteroatoms. The van der Waals surface area contributed by atoms with E-state index in [2.05, 4.69) is 50.3 Å². The highest BCUT2D eigenvalue weighted by atomic mass is 16.5. The number of esters is 1. The molecule has 0 heterocycles. The molecule has 0 rings (SSSR count). The number of carbonyl (C=O) groups excluding carboxylic acids is 1. The van der Waals surface area contributed by atoms with Crippen molar-refractivity contribution < 1.29 is 19.4 Å². The van der Waals surface area contributed by atoms with Gasteiger partial charge in [-0.15, -0.1) is 0 Å². The van der Waals surface area contributed by atoms with Crippen LogP contribution in [-0.4, -0.2) is 23.1 Å². The number of allylic oxidation sites excluding steroid dienone is 6. The van der Waals surface area contributed by atoms with E-state index in [4.69, 9.17) is 9.84 Å². The van der Waals surface area contributed by atoms with Gasteiger partial charge in [0.25, 0.3) is 0 Å². The minimum Gasteiger partial charge on any atom is -0.481 e. The minimum absolute atomic E-state index is 0.0466. The first-order valence-corrected chi connectivity index (χ1v) is 20.0. The molecular weight excluding hydrogens is 568 g/mol. The van der Waals surface area contributed by atoms with Crippen molar-refractivity contribution in [3.63, 3.8) is 0 Å². The molecule has 0 amide bonds. The van der Waals surface area contributed by atoms with Crippen LogP contribution >= 0.6 is 0 Å². The maximum atomic E-state index is 12.6. The van der Waals surface area contributed by atoms with Gasteiger partial charge in [0.05, 0.1) is 0 Å². The zero-order chi connectivity index (χ0) is 33.6. The minimum atomic E-state index is -0.743. The van der Waals surface area contributed by atoms with E-state index >= 15 is 0 Å². The predicted octanol–water partition coefficient (Wildman–Crippen LogP) is 13.8. The summed E-state index contributed by atoms with van der Waals surface area (Å²) in [6.45, 7) is 4.44. The lowest BCUT2D eigenvalue weighted by molar-refractivity contribution is -0.150. The predicted molar refractivity (Wildman–Crippen MR) is 199 cm³/mol. The zero-order valence-electron chi connectivity index (χ0n) is 30.6. The van der Waals surface area contributed by atoms with Gasteiger partial charge in [-0.05, 0) is 70.6 Å². The van der Waals surface area contributed by atoms with Gasteiger partial charge in [0.2, 0.25) is 0 Å². The first kappa shape index (κ1) is 44.2. The van der Waals surface area contributed by atoms with Crippen LogP contribution in [0.25, 0.3) is 0 Å². The lowest BCUT2D eigenvalue weighted by Crippen LogP contribution is -2.18. The molecule has 0 bridgehead atoms. The van der Waals surface area contributed by atoms with Crippen molar-refractivity contribution in [2.24, 2.45) is 0 Å². The van der Waals surface area contributed by atoms with Crippen LogP contribution in [0.3, 0.4) is 0 Å². The van der Waals surface area contributed by atoms with Crippen LogP contribution in [0.2, 0.25) is 0 Å². The molecule has 0 aromatic rings. The molecule has 1 N–H and O–H groups in total. The molecule has 4 nitrogen and oxygen atoms in total. The molecule has 0 radical (unpaired) electrons. The van der Waals surface area contributed by atoms with Crippen LogP contribution in [0.5, 0.6) is 0 Å². The number of rotatable bonds is 36. The Bertz CT molecular complexity index is 738. The van der Waals surface area contributed by atoms with Gasteiger partial charge in [-0.1, -0.05) is 166 Å². The second-order valence-electron chi connectivity index (χ2n) is 13.4. The highest BCUT2D eigenvalue weighted by Crippen LogP contribution is 2.18. The number of hydrogen-bond acceptors (Lipinski definition) is 3.